The lowest BCUT2D eigenvalue weighted by Crippen LogP contribution is -2.49. The van der Waals surface area contributed by atoms with Crippen molar-refractivity contribution in [2.24, 2.45) is 5.92 Å². The van der Waals surface area contributed by atoms with Gasteiger partial charge in [-0.2, -0.15) is 0 Å². The number of rotatable bonds is 4. The molecule has 0 bridgehead atoms. The van der Waals surface area contributed by atoms with Crippen molar-refractivity contribution in [2.75, 3.05) is 65.3 Å². The van der Waals surface area contributed by atoms with Gasteiger partial charge in [0.1, 0.15) is 5.75 Å². The second-order valence-electron chi connectivity index (χ2n) is 7.22. The highest BCUT2D eigenvalue weighted by molar-refractivity contribution is 5.89. The van der Waals surface area contributed by atoms with E-state index < -0.39 is 0 Å². The molecule has 6 nitrogen and oxygen atoms in total. The quantitative estimate of drug-likeness (QED) is 0.908. The molecule has 6 heteroatoms. The molecule has 0 saturated carbocycles. The Kier molecular flexibility index (Phi) is 6.15. The fourth-order valence-electron chi connectivity index (χ4n) is 3.70. The molecule has 2 saturated heterocycles. The van der Waals surface area contributed by atoms with Crippen LogP contribution in [0.25, 0.3) is 0 Å². The van der Waals surface area contributed by atoms with Gasteiger partial charge in [0.05, 0.1) is 7.11 Å². The number of hydrogen-bond acceptors (Lipinski definition) is 4. The molecule has 2 fully saturated rings. The maximum atomic E-state index is 12.6. The highest BCUT2D eigenvalue weighted by Crippen LogP contribution is 2.21. The molecule has 1 atom stereocenters. The van der Waals surface area contributed by atoms with Crippen LogP contribution in [0, 0.1) is 5.92 Å². The molecule has 0 aliphatic carbocycles. The van der Waals surface area contributed by atoms with E-state index in [1.807, 2.05) is 29.2 Å². The second kappa shape index (κ2) is 8.54. The van der Waals surface area contributed by atoms with Crippen LogP contribution in [-0.4, -0.2) is 80.7 Å². The first kappa shape index (κ1) is 18.0. The molecule has 1 aromatic rings. The molecule has 0 aromatic heterocycles. The number of amides is 2. The molecule has 2 amide bonds. The summed E-state index contributed by atoms with van der Waals surface area (Å²) in [5.41, 5.74) is 0.783. The van der Waals surface area contributed by atoms with Crippen molar-refractivity contribution in [2.45, 2.75) is 12.8 Å². The smallest absolute Gasteiger partial charge is 0.321 e. The first-order valence-electron chi connectivity index (χ1n) is 9.25. The standard InChI is InChI=1S/C19H30N4O2/c1-21-9-11-22(12-10-21)14-16-5-4-8-23(15-16)19(24)20-17-6-3-7-18(13-17)25-2/h3,6-7,13,16H,4-5,8-12,14-15H2,1-2H3,(H,20,24)/t16-/m1/s1. The zero-order chi connectivity index (χ0) is 17.6. The van der Waals surface area contributed by atoms with Crippen LogP contribution in [-0.2, 0) is 0 Å². The third kappa shape index (κ3) is 5.09. The van der Waals surface area contributed by atoms with Crippen molar-refractivity contribution in [3.05, 3.63) is 24.3 Å². The number of carbonyl (C=O) groups is 1. The second-order valence-corrected chi connectivity index (χ2v) is 7.22. The van der Waals surface area contributed by atoms with Gasteiger partial charge in [0.15, 0.2) is 0 Å². The minimum Gasteiger partial charge on any atom is -0.497 e. The normalized spacial score (nSPS) is 22.6. The Morgan fingerprint density at radius 3 is 2.80 bits per heavy atom. The average Bonchev–Trinajstić information content (AvgIpc) is 2.64. The molecule has 1 aromatic carbocycles. The zero-order valence-electron chi connectivity index (χ0n) is 15.4. The Bertz CT molecular complexity index is 572. The average molecular weight is 346 g/mol. The van der Waals surface area contributed by atoms with Crippen LogP contribution in [0.4, 0.5) is 10.5 Å². The Morgan fingerprint density at radius 1 is 1.24 bits per heavy atom. The largest absolute Gasteiger partial charge is 0.497 e. The highest BCUT2D eigenvalue weighted by Gasteiger charge is 2.26. The van der Waals surface area contributed by atoms with E-state index in [2.05, 4.69) is 22.2 Å². The molecule has 2 aliphatic heterocycles. The van der Waals surface area contributed by atoms with Gasteiger partial charge in [0, 0.05) is 57.6 Å². The predicted octanol–water partition coefficient (Wildman–Crippen LogP) is 2.19. The molecule has 2 aliphatic rings. The summed E-state index contributed by atoms with van der Waals surface area (Å²) < 4.78 is 5.22. The number of methoxy groups -OCH3 is 1. The molecular weight excluding hydrogens is 316 g/mol. The van der Waals surface area contributed by atoms with Crippen LogP contribution >= 0.6 is 0 Å². The van der Waals surface area contributed by atoms with Crippen molar-refractivity contribution in [1.29, 1.82) is 0 Å². The Balaban J connectivity index is 1.50. The van der Waals surface area contributed by atoms with Crippen molar-refractivity contribution in [3.8, 4) is 5.75 Å². The number of nitrogens with zero attached hydrogens (tertiary/aromatic N) is 3. The van der Waals surface area contributed by atoms with Gasteiger partial charge >= 0.3 is 6.03 Å². The molecule has 25 heavy (non-hydrogen) atoms. The van der Waals surface area contributed by atoms with E-state index in [-0.39, 0.29) is 6.03 Å². The molecular formula is C19H30N4O2. The first-order chi connectivity index (χ1) is 12.1. The molecule has 0 spiro atoms. The highest BCUT2D eigenvalue weighted by atomic mass is 16.5. The number of likely N-dealkylation sites (tertiary alicyclic amines) is 1. The maximum absolute atomic E-state index is 12.6. The van der Waals surface area contributed by atoms with E-state index >= 15 is 0 Å². The van der Waals surface area contributed by atoms with Gasteiger partial charge in [-0.05, 0) is 37.9 Å². The van der Waals surface area contributed by atoms with Gasteiger partial charge in [-0.15, -0.1) is 0 Å². The minimum absolute atomic E-state index is 0.00340. The van der Waals surface area contributed by atoms with Crippen LogP contribution < -0.4 is 10.1 Å². The van der Waals surface area contributed by atoms with E-state index in [9.17, 15) is 4.79 Å². The van der Waals surface area contributed by atoms with Gasteiger partial charge in [-0.25, -0.2) is 4.79 Å². The number of piperazine rings is 1. The fourth-order valence-corrected chi connectivity index (χ4v) is 3.70. The van der Waals surface area contributed by atoms with E-state index in [4.69, 9.17) is 4.74 Å². The van der Waals surface area contributed by atoms with E-state index in [1.165, 1.54) is 6.42 Å². The number of benzene rings is 1. The lowest BCUT2D eigenvalue weighted by Gasteiger charge is -2.38. The number of ether oxygens (including phenoxy) is 1. The third-order valence-electron chi connectivity index (χ3n) is 5.24. The summed E-state index contributed by atoms with van der Waals surface area (Å²) in [7, 11) is 3.82. The molecule has 0 radical (unpaired) electrons. The first-order valence-corrected chi connectivity index (χ1v) is 9.25. The number of nitrogens with one attached hydrogen (secondary N) is 1. The topological polar surface area (TPSA) is 48.1 Å². The number of piperidine rings is 1. The van der Waals surface area contributed by atoms with Gasteiger partial charge in [0.2, 0.25) is 0 Å². The summed E-state index contributed by atoms with van der Waals surface area (Å²) in [5, 5.41) is 3.00. The monoisotopic (exact) mass is 346 g/mol. The van der Waals surface area contributed by atoms with Crippen molar-refractivity contribution in [1.82, 2.24) is 14.7 Å². The van der Waals surface area contributed by atoms with Crippen molar-refractivity contribution in [3.63, 3.8) is 0 Å². The molecule has 2 heterocycles. The maximum Gasteiger partial charge on any atom is 0.321 e. The summed E-state index contributed by atoms with van der Waals surface area (Å²) in [6.45, 7) is 7.37. The minimum atomic E-state index is -0.00340. The lowest BCUT2D eigenvalue weighted by atomic mass is 9.97. The number of urea groups is 1. The Labute approximate surface area is 150 Å². The van der Waals surface area contributed by atoms with Gasteiger partial charge < -0.3 is 24.8 Å². The third-order valence-corrected chi connectivity index (χ3v) is 5.24. The summed E-state index contributed by atoms with van der Waals surface area (Å²) in [6, 6.07) is 7.51. The van der Waals surface area contributed by atoms with Gasteiger partial charge in [-0.3, -0.25) is 0 Å². The van der Waals surface area contributed by atoms with Gasteiger partial charge in [-0.1, -0.05) is 6.07 Å². The number of carbonyl (C=O) groups excluding carboxylic acids is 1. The van der Waals surface area contributed by atoms with Crippen molar-refractivity contribution < 1.29 is 9.53 Å². The van der Waals surface area contributed by atoms with E-state index in [1.54, 1.807) is 7.11 Å². The number of likely N-dealkylation sites (N-methyl/N-ethyl adjacent to an activating group) is 1. The SMILES string of the molecule is COc1cccc(NC(=O)N2CCC[C@H](CN3CCN(C)CC3)C2)c1. The summed E-state index contributed by atoms with van der Waals surface area (Å²) >= 11 is 0. The van der Waals surface area contributed by atoms with Crippen LogP contribution in [0.1, 0.15) is 12.8 Å². The van der Waals surface area contributed by atoms with Crippen LogP contribution in [0.5, 0.6) is 5.75 Å². The summed E-state index contributed by atoms with van der Waals surface area (Å²) in [6.07, 6.45) is 2.30. The van der Waals surface area contributed by atoms with Crippen LogP contribution in [0.3, 0.4) is 0 Å². The lowest BCUT2D eigenvalue weighted by molar-refractivity contribution is 0.109. The van der Waals surface area contributed by atoms with Gasteiger partial charge in [0.25, 0.3) is 0 Å². The summed E-state index contributed by atoms with van der Waals surface area (Å²) in [5.74, 6) is 1.33. The summed E-state index contributed by atoms with van der Waals surface area (Å²) in [4.78, 5) is 19.5. The fraction of sp³-hybridized carbons (Fsp3) is 0.632. The Morgan fingerprint density at radius 2 is 2.04 bits per heavy atom. The molecule has 0 unspecified atom stereocenters. The number of hydrogen-bond donors (Lipinski definition) is 1. The zero-order valence-corrected chi connectivity index (χ0v) is 15.4. The molecule has 3 rings (SSSR count). The molecule has 138 valence electrons. The number of anilines is 1. The van der Waals surface area contributed by atoms with Crippen LogP contribution in [0.2, 0.25) is 0 Å². The Hall–Kier alpha value is -1.79. The van der Waals surface area contributed by atoms with Crippen molar-refractivity contribution >= 4 is 11.7 Å². The van der Waals surface area contributed by atoms with Crippen LogP contribution in [0.15, 0.2) is 24.3 Å². The van der Waals surface area contributed by atoms with E-state index in [0.717, 1.165) is 63.7 Å². The predicted molar refractivity (Wildman–Crippen MR) is 100 cm³/mol. The molecule has 1 N–H and O–H groups in total. The van der Waals surface area contributed by atoms with E-state index in [0.29, 0.717) is 5.92 Å².